The molecule has 208 valence electrons. The molecule has 0 radical (unpaired) electrons. The van der Waals surface area contributed by atoms with Crippen LogP contribution in [0.15, 0.2) is 91.0 Å². The van der Waals surface area contributed by atoms with Gasteiger partial charge in [-0.05, 0) is 91.6 Å². The van der Waals surface area contributed by atoms with Crippen LogP contribution >= 0.6 is 0 Å². The summed E-state index contributed by atoms with van der Waals surface area (Å²) >= 11 is 0. The highest BCUT2D eigenvalue weighted by Gasteiger charge is 2.46. The highest BCUT2D eigenvalue weighted by Crippen LogP contribution is 2.48. The molecule has 2 atom stereocenters. The number of benzene rings is 4. The van der Waals surface area contributed by atoms with E-state index < -0.39 is 12.0 Å². The van der Waals surface area contributed by atoms with Crippen molar-refractivity contribution in [2.45, 2.75) is 32.2 Å². The van der Waals surface area contributed by atoms with Gasteiger partial charge in [-0.2, -0.15) is 0 Å². The number of rotatable bonds is 8. The van der Waals surface area contributed by atoms with Crippen molar-refractivity contribution in [3.05, 3.63) is 113 Å². The average Bonchev–Trinajstić information content (AvgIpc) is 2.99. The van der Waals surface area contributed by atoms with Crippen molar-refractivity contribution in [1.29, 1.82) is 0 Å². The van der Waals surface area contributed by atoms with E-state index in [1.807, 2.05) is 110 Å². The lowest BCUT2D eigenvalue weighted by atomic mass is 9.75. The van der Waals surface area contributed by atoms with E-state index in [2.05, 4.69) is 5.32 Å². The summed E-state index contributed by atoms with van der Waals surface area (Å²) in [6, 6.07) is 27.7. The molecule has 0 saturated carbocycles. The molecule has 0 fully saturated rings. The number of amides is 2. The first-order valence-corrected chi connectivity index (χ1v) is 14.0. The van der Waals surface area contributed by atoms with E-state index in [0.717, 1.165) is 22.4 Å². The normalized spacial score (nSPS) is 17.1. The predicted molar refractivity (Wildman–Crippen MR) is 157 cm³/mol. The highest BCUT2D eigenvalue weighted by molar-refractivity contribution is 6.04. The second-order valence-corrected chi connectivity index (χ2v) is 10.1. The van der Waals surface area contributed by atoms with E-state index in [1.165, 1.54) is 0 Å². The third kappa shape index (κ3) is 5.11. The lowest BCUT2D eigenvalue weighted by molar-refractivity contribution is -0.119. The number of ether oxygens (including phenoxy) is 3. The monoisotopic (exact) mass is 548 g/mol. The molecule has 4 aromatic carbocycles. The molecule has 2 heterocycles. The van der Waals surface area contributed by atoms with Crippen LogP contribution in [0.4, 0.5) is 5.69 Å². The van der Waals surface area contributed by atoms with Crippen molar-refractivity contribution >= 4 is 17.5 Å². The van der Waals surface area contributed by atoms with Crippen LogP contribution < -0.4 is 19.5 Å². The van der Waals surface area contributed by atoms with Gasteiger partial charge in [0, 0.05) is 17.8 Å². The number of nitrogens with one attached hydrogen (secondary N) is 1. The number of hydrogen-bond donors (Lipinski definition) is 1. The molecule has 2 aliphatic rings. The van der Waals surface area contributed by atoms with Crippen LogP contribution in [0, 0.1) is 0 Å². The largest absolute Gasteiger partial charge is 0.490 e. The molecule has 7 heteroatoms. The summed E-state index contributed by atoms with van der Waals surface area (Å²) in [4.78, 5) is 29.6. The molecule has 41 heavy (non-hydrogen) atoms. The summed E-state index contributed by atoms with van der Waals surface area (Å²) in [6.45, 7) is 5.37. The maximum Gasteiger partial charge on any atom is 0.254 e. The van der Waals surface area contributed by atoms with E-state index in [4.69, 9.17) is 14.2 Å². The molecule has 2 amide bonds. The van der Waals surface area contributed by atoms with Gasteiger partial charge < -0.3 is 24.4 Å². The smallest absolute Gasteiger partial charge is 0.254 e. The van der Waals surface area contributed by atoms with Crippen molar-refractivity contribution in [2.75, 3.05) is 25.1 Å². The van der Waals surface area contributed by atoms with Crippen molar-refractivity contribution in [3.8, 4) is 23.0 Å². The molecular formula is C34H32N2O5. The van der Waals surface area contributed by atoms with Crippen LogP contribution in [0.2, 0.25) is 0 Å². The van der Waals surface area contributed by atoms with Gasteiger partial charge in [0.25, 0.3) is 5.91 Å². The Balaban J connectivity index is 1.35. The summed E-state index contributed by atoms with van der Waals surface area (Å²) in [5.41, 5.74) is 3.91. The van der Waals surface area contributed by atoms with Crippen LogP contribution in [0.3, 0.4) is 0 Å². The number of carbonyl (C=O) groups excluding carboxylic acids is 2. The van der Waals surface area contributed by atoms with Crippen LogP contribution in [0.1, 0.15) is 52.9 Å². The zero-order valence-corrected chi connectivity index (χ0v) is 23.1. The van der Waals surface area contributed by atoms with Gasteiger partial charge in [-0.15, -0.1) is 0 Å². The Bertz CT molecular complexity index is 1570. The third-order valence-corrected chi connectivity index (χ3v) is 7.57. The van der Waals surface area contributed by atoms with E-state index >= 15 is 0 Å². The SMILES string of the molecule is CCOc1cc2c(cc1OCC)C1C(C(=O)Nc3ccc(Oc4ccccc4)cc3)c3ccccc3C(=O)N1CC2. The van der Waals surface area contributed by atoms with E-state index in [-0.39, 0.29) is 11.8 Å². The van der Waals surface area contributed by atoms with Crippen molar-refractivity contribution < 1.29 is 23.8 Å². The summed E-state index contributed by atoms with van der Waals surface area (Å²) in [5.74, 6) is 1.85. The van der Waals surface area contributed by atoms with Gasteiger partial charge >= 0.3 is 0 Å². The lowest BCUT2D eigenvalue weighted by Crippen LogP contribution is -2.49. The molecule has 0 saturated heterocycles. The first kappa shape index (κ1) is 26.4. The molecular weight excluding hydrogens is 516 g/mol. The standard InChI is InChI=1S/C34H32N2O5/c1-3-39-29-20-22-18-19-36-32(28(22)21-30(29)40-4-2)31(26-12-8-9-13-27(26)34(36)38)33(37)35-23-14-16-25(17-15-23)41-24-10-6-5-7-11-24/h5-17,20-21,31-32H,3-4,18-19H2,1-2H3,(H,35,37). The molecule has 0 aliphatic carbocycles. The molecule has 0 bridgehead atoms. The molecule has 0 spiro atoms. The molecule has 2 aliphatic heterocycles. The quantitative estimate of drug-likeness (QED) is 0.264. The van der Waals surface area contributed by atoms with Crippen molar-refractivity contribution in [1.82, 2.24) is 4.90 Å². The van der Waals surface area contributed by atoms with Gasteiger partial charge in [0.2, 0.25) is 5.91 Å². The first-order valence-electron chi connectivity index (χ1n) is 14.0. The molecule has 6 rings (SSSR count). The zero-order chi connectivity index (χ0) is 28.3. The molecule has 4 aromatic rings. The fourth-order valence-corrected chi connectivity index (χ4v) is 5.80. The predicted octanol–water partition coefficient (Wildman–Crippen LogP) is 6.75. The second kappa shape index (κ2) is 11.4. The Morgan fingerprint density at radius 1 is 0.829 bits per heavy atom. The van der Waals surface area contributed by atoms with E-state index in [9.17, 15) is 9.59 Å². The van der Waals surface area contributed by atoms with Gasteiger partial charge in [0.05, 0.1) is 25.2 Å². The summed E-state index contributed by atoms with van der Waals surface area (Å²) in [5, 5.41) is 3.11. The Hall–Kier alpha value is -4.78. The second-order valence-electron chi connectivity index (χ2n) is 10.1. The number of fused-ring (bicyclic) bond motifs is 4. The van der Waals surface area contributed by atoms with Crippen LogP contribution in [-0.2, 0) is 11.2 Å². The van der Waals surface area contributed by atoms with Gasteiger partial charge in [-0.1, -0.05) is 36.4 Å². The third-order valence-electron chi connectivity index (χ3n) is 7.57. The number of nitrogens with zero attached hydrogens (tertiary/aromatic N) is 1. The van der Waals surface area contributed by atoms with Crippen LogP contribution in [-0.4, -0.2) is 36.5 Å². The van der Waals surface area contributed by atoms with E-state index in [1.54, 1.807) is 0 Å². The summed E-state index contributed by atoms with van der Waals surface area (Å²) in [6.07, 6.45) is 0.670. The highest BCUT2D eigenvalue weighted by atomic mass is 16.5. The topological polar surface area (TPSA) is 77.1 Å². The Kier molecular flexibility index (Phi) is 7.33. The van der Waals surface area contributed by atoms with Gasteiger partial charge in [-0.3, -0.25) is 9.59 Å². The summed E-state index contributed by atoms with van der Waals surface area (Å²) < 4.78 is 17.7. The molecule has 2 unspecified atom stereocenters. The van der Waals surface area contributed by atoms with Gasteiger partial charge in [0.1, 0.15) is 11.5 Å². The zero-order valence-electron chi connectivity index (χ0n) is 23.1. The van der Waals surface area contributed by atoms with Crippen molar-refractivity contribution in [3.63, 3.8) is 0 Å². The van der Waals surface area contributed by atoms with Crippen LogP contribution in [0.25, 0.3) is 0 Å². The Morgan fingerprint density at radius 2 is 1.49 bits per heavy atom. The maximum absolute atomic E-state index is 14.1. The number of carbonyl (C=O) groups is 2. The minimum absolute atomic E-state index is 0.0606. The lowest BCUT2D eigenvalue weighted by Gasteiger charge is -2.45. The van der Waals surface area contributed by atoms with E-state index in [0.29, 0.717) is 54.7 Å². The van der Waals surface area contributed by atoms with Crippen LogP contribution in [0.5, 0.6) is 23.0 Å². The number of anilines is 1. The minimum Gasteiger partial charge on any atom is -0.490 e. The number of para-hydroxylation sites is 1. The summed E-state index contributed by atoms with van der Waals surface area (Å²) in [7, 11) is 0. The molecule has 1 N–H and O–H groups in total. The first-order chi connectivity index (χ1) is 20.1. The number of hydrogen-bond acceptors (Lipinski definition) is 5. The fourth-order valence-electron chi connectivity index (χ4n) is 5.80. The Morgan fingerprint density at radius 3 is 2.22 bits per heavy atom. The van der Waals surface area contributed by atoms with Crippen molar-refractivity contribution in [2.24, 2.45) is 0 Å². The van der Waals surface area contributed by atoms with Gasteiger partial charge in [0.15, 0.2) is 11.5 Å². The minimum atomic E-state index is -0.615. The fraction of sp³-hybridized carbons (Fsp3) is 0.235. The molecule has 7 nitrogen and oxygen atoms in total. The van der Waals surface area contributed by atoms with Gasteiger partial charge in [-0.25, -0.2) is 0 Å². The average molecular weight is 549 g/mol. The maximum atomic E-state index is 14.1. The molecule has 0 aromatic heterocycles. The Labute approximate surface area is 239 Å².